The molecule has 0 spiro atoms. The van der Waals surface area contributed by atoms with E-state index >= 15 is 0 Å². The second-order valence-electron chi connectivity index (χ2n) is 8.83. The number of para-hydroxylation sites is 1. The Morgan fingerprint density at radius 1 is 0.921 bits per heavy atom. The van der Waals surface area contributed by atoms with E-state index in [1.54, 1.807) is 60.5 Å². The molecule has 1 fully saturated rings. The minimum atomic E-state index is -4.62. The van der Waals surface area contributed by atoms with Gasteiger partial charge in [0, 0.05) is 49.1 Å². The number of methoxy groups -OCH3 is 1. The third-order valence-electron chi connectivity index (χ3n) is 6.49. The molecular formula is C28H24ClF3N4O2. The Hall–Kier alpha value is -3.98. The smallest absolute Gasteiger partial charge is 0.435 e. The van der Waals surface area contributed by atoms with Crippen LogP contribution in [0.15, 0.2) is 78.9 Å². The lowest BCUT2D eigenvalue weighted by Gasteiger charge is -2.36. The normalized spacial score (nSPS) is 14.0. The zero-order valence-corrected chi connectivity index (χ0v) is 21.2. The maximum Gasteiger partial charge on any atom is 0.435 e. The number of hydrogen-bond donors (Lipinski definition) is 0. The summed E-state index contributed by atoms with van der Waals surface area (Å²) in [5.74, 6) is 0.650. The summed E-state index contributed by atoms with van der Waals surface area (Å²) in [5.41, 5.74) is 1.50. The summed E-state index contributed by atoms with van der Waals surface area (Å²) in [7, 11) is 1.63. The van der Waals surface area contributed by atoms with E-state index in [0.29, 0.717) is 43.0 Å². The highest BCUT2D eigenvalue weighted by molar-refractivity contribution is 6.32. The Labute approximate surface area is 222 Å². The average molecular weight is 541 g/mol. The molecule has 0 radical (unpaired) electrons. The quantitative estimate of drug-likeness (QED) is 0.303. The molecule has 1 aromatic heterocycles. The highest BCUT2D eigenvalue weighted by atomic mass is 35.5. The summed E-state index contributed by atoms with van der Waals surface area (Å²) in [6, 6.07) is 21.9. The fourth-order valence-electron chi connectivity index (χ4n) is 4.47. The molecule has 0 N–H and O–H groups in total. The van der Waals surface area contributed by atoms with Gasteiger partial charge in [-0.25, -0.2) is 4.68 Å². The van der Waals surface area contributed by atoms with Gasteiger partial charge < -0.3 is 14.5 Å². The molecule has 0 bridgehead atoms. The molecule has 1 amide bonds. The van der Waals surface area contributed by atoms with Crippen LogP contribution < -0.4 is 9.64 Å². The molecule has 0 atom stereocenters. The Kier molecular flexibility index (Phi) is 7.03. The van der Waals surface area contributed by atoms with Gasteiger partial charge in [-0.3, -0.25) is 4.79 Å². The van der Waals surface area contributed by atoms with E-state index in [1.165, 1.54) is 4.68 Å². The standard InChI is InChI=1S/C28H24ClF3N4O2/c1-38-22-6-4-5-21(17-22)34-13-15-35(16-14-34)27(37)20-11-9-19(10-12-20)25-18-26(28(30,31)32)33-36(25)24-8-3-2-7-23(24)29/h2-12,17-18H,13-16H2,1H3. The largest absolute Gasteiger partial charge is 0.497 e. The van der Waals surface area contributed by atoms with Crippen molar-refractivity contribution in [2.24, 2.45) is 0 Å². The maximum atomic E-state index is 13.5. The van der Waals surface area contributed by atoms with Gasteiger partial charge in [-0.1, -0.05) is 41.9 Å². The first kappa shape index (κ1) is 25.7. The summed E-state index contributed by atoms with van der Waals surface area (Å²) in [4.78, 5) is 17.1. The van der Waals surface area contributed by atoms with Crippen molar-refractivity contribution in [2.45, 2.75) is 6.18 Å². The van der Waals surface area contributed by atoms with Crippen molar-refractivity contribution in [1.82, 2.24) is 14.7 Å². The van der Waals surface area contributed by atoms with E-state index in [0.717, 1.165) is 17.5 Å². The van der Waals surface area contributed by atoms with Gasteiger partial charge in [0.1, 0.15) is 5.75 Å². The van der Waals surface area contributed by atoms with Crippen molar-refractivity contribution in [3.8, 4) is 22.7 Å². The molecule has 6 nitrogen and oxygen atoms in total. The molecule has 0 saturated carbocycles. The predicted octanol–water partition coefficient (Wildman–Crippen LogP) is 6.18. The predicted molar refractivity (Wildman–Crippen MR) is 140 cm³/mol. The van der Waals surface area contributed by atoms with Gasteiger partial charge in [0.2, 0.25) is 0 Å². The van der Waals surface area contributed by atoms with Crippen LogP contribution in [0.2, 0.25) is 5.02 Å². The molecule has 1 saturated heterocycles. The molecule has 4 aromatic rings. The minimum Gasteiger partial charge on any atom is -0.497 e. The highest BCUT2D eigenvalue weighted by Gasteiger charge is 2.35. The summed E-state index contributed by atoms with van der Waals surface area (Å²) in [6.07, 6.45) is -4.62. The molecule has 5 rings (SSSR count). The molecule has 10 heteroatoms. The van der Waals surface area contributed by atoms with E-state index in [2.05, 4.69) is 10.00 Å². The number of benzene rings is 3. The summed E-state index contributed by atoms with van der Waals surface area (Å²) in [6.45, 7) is 2.44. The number of halogens is 4. The SMILES string of the molecule is COc1cccc(N2CCN(C(=O)c3ccc(-c4cc(C(F)(F)F)nn4-c4ccccc4Cl)cc3)CC2)c1. The lowest BCUT2D eigenvalue weighted by molar-refractivity contribution is -0.141. The van der Waals surface area contributed by atoms with Crippen LogP contribution in [0.4, 0.5) is 18.9 Å². The van der Waals surface area contributed by atoms with E-state index in [9.17, 15) is 18.0 Å². The van der Waals surface area contributed by atoms with Crippen LogP contribution in [0, 0.1) is 0 Å². The molecule has 38 heavy (non-hydrogen) atoms. The van der Waals surface area contributed by atoms with E-state index in [-0.39, 0.29) is 16.6 Å². The molecule has 0 unspecified atom stereocenters. The lowest BCUT2D eigenvalue weighted by Crippen LogP contribution is -2.48. The number of hydrogen-bond acceptors (Lipinski definition) is 4. The number of rotatable bonds is 5. The minimum absolute atomic E-state index is 0.127. The van der Waals surface area contributed by atoms with Crippen molar-refractivity contribution >= 4 is 23.2 Å². The highest BCUT2D eigenvalue weighted by Crippen LogP contribution is 2.34. The van der Waals surface area contributed by atoms with Crippen molar-refractivity contribution < 1.29 is 22.7 Å². The van der Waals surface area contributed by atoms with Crippen LogP contribution in [-0.2, 0) is 6.18 Å². The third-order valence-corrected chi connectivity index (χ3v) is 6.81. The van der Waals surface area contributed by atoms with Crippen LogP contribution in [0.3, 0.4) is 0 Å². The number of carbonyl (C=O) groups is 1. The van der Waals surface area contributed by atoms with Crippen molar-refractivity contribution in [3.05, 3.63) is 95.1 Å². The number of amides is 1. The Morgan fingerprint density at radius 3 is 2.29 bits per heavy atom. The number of piperazine rings is 1. The molecule has 1 aliphatic heterocycles. The number of ether oxygens (including phenoxy) is 1. The first-order valence-corrected chi connectivity index (χ1v) is 12.3. The van der Waals surface area contributed by atoms with Crippen LogP contribution >= 0.6 is 11.6 Å². The number of nitrogens with zero attached hydrogens (tertiary/aromatic N) is 4. The number of carbonyl (C=O) groups excluding carboxylic acids is 1. The fraction of sp³-hybridized carbons (Fsp3) is 0.214. The zero-order chi connectivity index (χ0) is 26.9. The van der Waals surface area contributed by atoms with Crippen molar-refractivity contribution in [1.29, 1.82) is 0 Å². The van der Waals surface area contributed by atoms with Gasteiger partial charge in [-0.2, -0.15) is 18.3 Å². The van der Waals surface area contributed by atoms with Gasteiger partial charge in [0.15, 0.2) is 5.69 Å². The van der Waals surface area contributed by atoms with Crippen LogP contribution in [0.5, 0.6) is 5.75 Å². The second kappa shape index (κ2) is 10.4. The lowest BCUT2D eigenvalue weighted by atomic mass is 10.1. The monoisotopic (exact) mass is 540 g/mol. The van der Waals surface area contributed by atoms with Gasteiger partial charge in [-0.15, -0.1) is 0 Å². The third kappa shape index (κ3) is 5.19. The summed E-state index contributed by atoms with van der Waals surface area (Å²) < 4.78 is 47.0. The van der Waals surface area contributed by atoms with Gasteiger partial charge >= 0.3 is 6.18 Å². The molecular weight excluding hydrogens is 517 g/mol. The Balaban J connectivity index is 1.34. The topological polar surface area (TPSA) is 50.6 Å². The molecule has 0 aliphatic carbocycles. The second-order valence-corrected chi connectivity index (χ2v) is 9.24. The average Bonchev–Trinajstić information content (AvgIpc) is 3.39. The Morgan fingerprint density at radius 2 is 1.63 bits per heavy atom. The van der Waals surface area contributed by atoms with E-state index in [4.69, 9.17) is 16.3 Å². The summed E-state index contributed by atoms with van der Waals surface area (Å²) in [5, 5.41) is 4.05. The van der Waals surface area contributed by atoms with Gasteiger partial charge in [0.05, 0.1) is 23.5 Å². The zero-order valence-electron chi connectivity index (χ0n) is 20.5. The van der Waals surface area contributed by atoms with Crippen LogP contribution in [-0.4, -0.2) is 53.9 Å². The first-order chi connectivity index (χ1) is 18.2. The molecule has 2 heterocycles. The number of anilines is 1. The fourth-order valence-corrected chi connectivity index (χ4v) is 4.69. The Bertz CT molecular complexity index is 1450. The van der Waals surface area contributed by atoms with Crippen molar-refractivity contribution in [3.63, 3.8) is 0 Å². The maximum absolute atomic E-state index is 13.5. The molecule has 196 valence electrons. The van der Waals surface area contributed by atoms with Crippen LogP contribution in [0.25, 0.3) is 16.9 Å². The number of alkyl halides is 3. The van der Waals surface area contributed by atoms with Gasteiger partial charge in [0.25, 0.3) is 5.91 Å². The molecule has 3 aromatic carbocycles. The first-order valence-electron chi connectivity index (χ1n) is 12.0. The summed E-state index contributed by atoms with van der Waals surface area (Å²) >= 11 is 6.26. The molecule has 1 aliphatic rings. The van der Waals surface area contributed by atoms with Crippen LogP contribution in [0.1, 0.15) is 16.1 Å². The van der Waals surface area contributed by atoms with Gasteiger partial charge in [-0.05, 0) is 42.5 Å². The van der Waals surface area contributed by atoms with E-state index < -0.39 is 11.9 Å². The number of aromatic nitrogens is 2. The van der Waals surface area contributed by atoms with E-state index in [1.807, 2.05) is 24.3 Å². The van der Waals surface area contributed by atoms with Crippen molar-refractivity contribution in [2.75, 3.05) is 38.2 Å².